The highest BCUT2D eigenvalue weighted by atomic mass is 16.3. The van der Waals surface area contributed by atoms with E-state index in [4.69, 9.17) is 5.11 Å². The summed E-state index contributed by atoms with van der Waals surface area (Å²) in [6.45, 7) is 6.15. The Hall–Kier alpha value is -1.35. The quantitative estimate of drug-likeness (QED) is 0.816. The SMILES string of the molecule is CC(O)CNC(=O)c1ccc(C(C)C)cc1. The number of rotatable bonds is 4. The minimum atomic E-state index is -0.515. The van der Waals surface area contributed by atoms with E-state index in [0.29, 0.717) is 11.5 Å². The van der Waals surface area contributed by atoms with Crippen molar-refractivity contribution in [2.75, 3.05) is 6.54 Å². The highest BCUT2D eigenvalue weighted by molar-refractivity contribution is 5.94. The number of hydrogen-bond acceptors (Lipinski definition) is 2. The molecular formula is C13H19NO2. The second kappa shape index (κ2) is 5.66. The van der Waals surface area contributed by atoms with E-state index in [2.05, 4.69) is 19.2 Å². The molecule has 0 radical (unpaired) electrons. The first-order chi connectivity index (χ1) is 7.50. The van der Waals surface area contributed by atoms with E-state index in [1.165, 1.54) is 5.56 Å². The topological polar surface area (TPSA) is 49.3 Å². The van der Waals surface area contributed by atoms with Crippen LogP contribution >= 0.6 is 0 Å². The molecule has 3 heteroatoms. The third-order valence-electron chi connectivity index (χ3n) is 2.40. The Labute approximate surface area is 96.5 Å². The molecule has 0 aliphatic rings. The molecule has 2 N–H and O–H groups in total. The first-order valence-corrected chi connectivity index (χ1v) is 5.57. The minimum Gasteiger partial charge on any atom is -0.392 e. The van der Waals surface area contributed by atoms with Crippen LogP contribution in [0.4, 0.5) is 0 Å². The average molecular weight is 221 g/mol. The predicted molar refractivity (Wildman–Crippen MR) is 64.5 cm³/mol. The van der Waals surface area contributed by atoms with Gasteiger partial charge in [-0.2, -0.15) is 0 Å². The Morgan fingerprint density at radius 2 is 1.81 bits per heavy atom. The number of carbonyl (C=O) groups is 1. The van der Waals surface area contributed by atoms with Crippen molar-refractivity contribution in [1.29, 1.82) is 0 Å². The normalized spacial score (nSPS) is 12.6. The maximum absolute atomic E-state index is 11.6. The zero-order valence-electron chi connectivity index (χ0n) is 10.0. The van der Waals surface area contributed by atoms with Gasteiger partial charge in [0.1, 0.15) is 0 Å². The van der Waals surface area contributed by atoms with Crippen LogP contribution in [-0.2, 0) is 0 Å². The van der Waals surface area contributed by atoms with E-state index in [1.807, 2.05) is 24.3 Å². The molecule has 0 saturated carbocycles. The smallest absolute Gasteiger partial charge is 0.251 e. The molecule has 0 heterocycles. The van der Waals surface area contributed by atoms with Gasteiger partial charge in [0.25, 0.3) is 5.91 Å². The molecule has 0 aromatic heterocycles. The van der Waals surface area contributed by atoms with Gasteiger partial charge in [0.2, 0.25) is 0 Å². The van der Waals surface area contributed by atoms with Crippen LogP contribution in [0, 0.1) is 0 Å². The number of aliphatic hydroxyl groups is 1. The summed E-state index contributed by atoms with van der Waals surface area (Å²) in [5.74, 6) is 0.325. The van der Waals surface area contributed by atoms with Crippen molar-refractivity contribution >= 4 is 5.91 Å². The summed E-state index contributed by atoms with van der Waals surface area (Å²) in [6.07, 6.45) is -0.515. The van der Waals surface area contributed by atoms with Crippen molar-refractivity contribution in [3.63, 3.8) is 0 Å². The molecule has 1 aromatic carbocycles. The maximum atomic E-state index is 11.6. The van der Waals surface area contributed by atoms with Crippen molar-refractivity contribution in [3.05, 3.63) is 35.4 Å². The van der Waals surface area contributed by atoms with E-state index in [-0.39, 0.29) is 12.5 Å². The van der Waals surface area contributed by atoms with Crippen LogP contribution in [0.15, 0.2) is 24.3 Å². The van der Waals surface area contributed by atoms with Gasteiger partial charge in [-0.1, -0.05) is 26.0 Å². The number of amides is 1. The largest absolute Gasteiger partial charge is 0.392 e. The Bertz CT molecular complexity index is 341. The fourth-order valence-corrected chi connectivity index (χ4v) is 1.36. The molecule has 3 nitrogen and oxygen atoms in total. The van der Waals surface area contributed by atoms with Gasteiger partial charge in [0, 0.05) is 12.1 Å². The summed E-state index contributed by atoms with van der Waals surface area (Å²) < 4.78 is 0. The molecule has 16 heavy (non-hydrogen) atoms. The Kier molecular flexibility index (Phi) is 4.50. The van der Waals surface area contributed by atoms with Gasteiger partial charge in [-0.15, -0.1) is 0 Å². The Balaban J connectivity index is 2.63. The molecule has 0 bridgehead atoms. The van der Waals surface area contributed by atoms with Crippen molar-refractivity contribution in [2.24, 2.45) is 0 Å². The Morgan fingerprint density at radius 1 is 1.25 bits per heavy atom. The third-order valence-corrected chi connectivity index (χ3v) is 2.40. The molecule has 1 amide bonds. The second-order valence-electron chi connectivity index (χ2n) is 4.34. The van der Waals surface area contributed by atoms with Crippen LogP contribution in [-0.4, -0.2) is 23.7 Å². The third kappa shape index (κ3) is 3.66. The van der Waals surface area contributed by atoms with Crippen molar-refractivity contribution < 1.29 is 9.90 Å². The lowest BCUT2D eigenvalue weighted by Crippen LogP contribution is -2.30. The molecule has 0 fully saturated rings. The lowest BCUT2D eigenvalue weighted by Gasteiger charge is -2.09. The van der Waals surface area contributed by atoms with Crippen LogP contribution in [0.25, 0.3) is 0 Å². The van der Waals surface area contributed by atoms with Crippen molar-refractivity contribution in [3.8, 4) is 0 Å². The van der Waals surface area contributed by atoms with E-state index in [9.17, 15) is 4.79 Å². The number of benzene rings is 1. The van der Waals surface area contributed by atoms with Crippen LogP contribution in [0.1, 0.15) is 42.6 Å². The summed E-state index contributed by atoms with van der Waals surface area (Å²) in [6, 6.07) is 7.54. The number of nitrogens with one attached hydrogen (secondary N) is 1. The summed E-state index contributed by atoms with van der Waals surface area (Å²) >= 11 is 0. The summed E-state index contributed by atoms with van der Waals surface area (Å²) in [4.78, 5) is 11.6. The fourth-order valence-electron chi connectivity index (χ4n) is 1.36. The highest BCUT2D eigenvalue weighted by Gasteiger charge is 2.06. The lowest BCUT2D eigenvalue weighted by atomic mass is 10.0. The standard InChI is InChI=1S/C13H19NO2/c1-9(2)11-4-6-12(7-5-11)13(16)14-8-10(3)15/h4-7,9-10,15H,8H2,1-3H3,(H,14,16). The maximum Gasteiger partial charge on any atom is 0.251 e. The summed E-state index contributed by atoms with van der Waals surface area (Å²) in [7, 11) is 0. The van der Waals surface area contributed by atoms with E-state index in [0.717, 1.165) is 0 Å². The first-order valence-electron chi connectivity index (χ1n) is 5.57. The summed E-state index contributed by atoms with van der Waals surface area (Å²) in [5, 5.41) is 11.7. The highest BCUT2D eigenvalue weighted by Crippen LogP contribution is 2.14. The van der Waals surface area contributed by atoms with Gasteiger partial charge < -0.3 is 10.4 Å². The van der Waals surface area contributed by atoms with Crippen LogP contribution in [0.5, 0.6) is 0 Å². The van der Waals surface area contributed by atoms with E-state index < -0.39 is 6.10 Å². The van der Waals surface area contributed by atoms with Gasteiger partial charge in [-0.25, -0.2) is 0 Å². The van der Waals surface area contributed by atoms with Crippen molar-refractivity contribution in [2.45, 2.75) is 32.8 Å². The van der Waals surface area contributed by atoms with Gasteiger partial charge in [0.15, 0.2) is 0 Å². The van der Waals surface area contributed by atoms with Crippen LogP contribution in [0.3, 0.4) is 0 Å². The molecule has 0 aliphatic carbocycles. The summed E-state index contributed by atoms with van der Waals surface area (Å²) in [5.41, 5.74) is 1.84. The fraction of sp³-hybridized carbons (Fsp3) is 0.462. The van der Waals surface area contributed by atoms with Gasteiger partial charge >= 0.3 is 0 Å². The molecule has 88 valence electrons. The number of aliphatic hydroxyl groups excluding tert-OH is 1. The molecular weight excluding hydrogens is 202 g/mol. The zero-order chi connectivity index (χ0) is 12.1. The molecule has 1 aromatic rings. The lowest BCUT2D eigenvalue weighted by molar-refractivity contribution is 0.0924. The molecule has 0 spiro atoms. The monoisotopic (exact) mass is 221 g/mol. The van der Waals surface area contributed by atoms with Crippen LogP contribution < -0.4 is 5.32 Å². The molecule has 1 unspecified atom stereocenters. The average Bonchev–Trinajstić information content (AvgIpc) is 2.26. The Morgan fingerprint density at radius 3 is 2.25 bits per heavy atom. The van der Waals surface area contributed by atoms with Crippen LogP contribution in [0.2, 0.25) is 0 Å². The van der Waals surface area contributed by atoms with E-state index >= 15 is 0 Å². The van der Waals surface area contributed by atoms with E-state index in [1.54, 1.807) is 6.92 Å². The number of carbonyl (C=O) groups excluding carboxylic acids is 1. The van der Waals surface area contributed by atoms with Gasteiger partial charge in [-0.3, -0.25) is 4.79 Å². The molecule has 1 rings (SSSR count). The van der Waals surface area contributed by atoms with Crippen molar-refractivity contribution in [1.82, 2.24) is 5.32 Å². The zero-order valence-corrected chi connectivity index (χ0v) is 10.0. The number of hydrogen-bond donors (Lipinski definition) is 2. The van der Waals surface area contributed by atoms with Gasteiger partial charge in [-0.05, 0) is 30.5 Å². The second-order valence-corrected chi connectivity index (χ2v) is 4.34. The predicted octanol–water partition coefficient (Wildman–Crippen LogP) is 1.92. The molecule has 0 aliphatic heterocycles. The first kappa shape index (κ1) is 12.7. The molecule has 1 atom stereocenters. The minimum absolute atomic E-state index is 0.142. The molecule has 0 saturated heterocycles. The van der Waals surface area contributed by atoms with Gasteiger partial charge in [0.05, 0.1) is 6.10 Å².